The molecule has 1 aliphatic heterocycles. The molecule has 118 valence electrons. The molecule has 23 heavy (non-hydrogen) atoms. The van der Waals surface area contributed by atoms with E-state index in [-0.39, 0.29) is 5.78 Å². The van der Waals surface area contributed by atoms with E-state index in [1.54, 1.807) is 25.6 Å². The minimum atomic E-state index is 0.0610. The van der Waals surface area contributed by atoms with Crippen LogP contribution in [0.25, 0.3) is 0 Å². The Morgan fingerprint density at radius 3 is 2.78 bits per heavy atom. The van der Waals surface area contributed by atoms with E-state index in [1.807, 2.05) is 24.3 Å². The van der Waals surface area contributed by atoms with Crippen LogP contribution in [0.1, 0.15) is 22.3 Å². The van der Waals surface area contributed by atoms with Gasteiger partial charge >= 0.3 is 0 Å². The topological polar surface area (TPSA) is 60.8 Å². The molecule has 5 heteroatoms. The minimum Gasteiger partial charge on any atom is -0.488 e. The number of benzene rings is 1. The van der Waals surface area contributed by atoms with Crippen molar-refractivity contribution in [2.75, 3.05) is 20.3 Å². The molecule has 0 N–H and O–H groups in total. The molecule has 1 aromatic carbocycles. The summed E-state index contributed by atoms with van der Waals surface area (Å²) in [5, 5.41) is 0. The lowest BCUT2D eigenvalue weighted by Crippen LogP contribution is -2.19. The van der Waals surface area contributed by atoms with Gasteiger partial charge in [0.05, 0.1) is 30.6 Å². The maximum absolute atomic E-state index is 12.1. The van der Waals surface area contributed by atoms with Gasteiger partial charge in [0.2, 0.25) is 0 Å². The number of hydrogen-bond donors (Lipinski definition) is 0. The number of ketones is 1. The summed E-state index contributed by atoms with van der Waals surface area (Å²) in [6.07, 6.45) is 4.39. The number of aliphatic imine (C=N–C) groups is 1. The zero-order chi connectivity index (χ0) is 16.1. The van der Waals surface area contributed by atoms with Crippen molar-refractivity contribution < 1.29 is 14.3 Å². The third kappa shape index (κ3) is 3.81. The largest absolute Gasteiger partial charge is 0.488 e. The lowest BCUT2D eigenvalue weighted by Gasteiger charge is -2.14. The van der Waals surface area contributed by atoms with Gasteiger partial charge in [-0.1, -0.05) is 12.1 Å². The molecule has 0 atom stereocenters. The molecule has 3 rings (SSSR count). The van der Waals surface area contributed by atoms with Crippen LogP contribution in [0.3, 0.4) is 0 Å². The number of ether oxygens (including phenoxy) is 2. The first-order valence-corrected chi connectivity index (χ1v) is 7.50. The van der Waals surface area contributed by atoms with Crippen LogP contribution in [0.15, 0.2) is 47.7 Å². The normalized spacial score (nSPS) is 13.4. The highest BCUT2D eigenvalue weighted by Crippen LogP contribution is 2.24. The van der Waals surface area contributed by atoms with E-state index in [0.717, 1.165) is 17.9 Å². The van der Waals surface area contributed by atoms with E-state index in [9.17, 15) is 4.79 Å². The van der Waals surface area contributed by atoms with Gasteiger partial charge in [-0.25, -0.2) is 0 Å². The number of carbonyl (C=O) groups is 1. The Morgan fingerprint density at radius 1 is 1.17 bits per heavy atom. The van der Waals surface area contributed by atoms with Gasteiger partial charge in [0, 0.05) is 18.9 Å². The summed E-state index contributed by atoms with van der Waals surface area (Å²) in [5.41, 5.74) is 3.17. The molecule has 0 bridgehead atoms. The summed E-state index contributed by atoms with van der Waals surface area (Å²) in [6.45, 7) is 1.00. The average molecular weight is 310 g/mol. The maximum atomic E-state index is 12.1. The fourth-order valence-corrected chi connectivity index (χ4v) is 2.42. The molecule has 2 heterocycles. The van der Waals surface area contributed by atoms with Crippen LogP contribution in [0.4, 0.5) is 5.69 Å². The van der Waals surface area contributed by atoms with Gasteiger partial charge in [-0.15, -0.1) is 0 Å². The Bertz CT molecular complexity index is 723. The summed E-state index contributed by atoms with van der Waals surface area (Å²) in [6, 6.07) is 9.58. The first-order chi connectivity index (χ1) is 11.3. The predicted molar refractivity (Wildman–Crippen MR) is 87.8 cm³/mol. The lowest BCUT2D eigenvalue weighted by molar-refractivity contribution is 0.0998. The monoisotopic (exact) mass is 310 g/mol. The van der Waals surface area contributed by atoms with E-state index < -0.39 is 0 Å². The molecule has 0 saturated carbocycles. The number of fused-ring (bicyclic) bond motifs is 1. The van der Waals surface area contributed by atoms with Crippen molar-refractivity contribution in [3.05, 3.63) is 53.9 Å². The van der Waals surface area contributed by atoms with Crippen molar-refractivity contribution in [1.82, 2.24) is 4.98 Å². The summed E-state index contributed by atoms with van der Waals surface area (Å²) in [5.74, 6) is 0.823. The van der Waals surface area contributed by atoms with Gasteiger partial charge in [-0.3, -0.25) is 14.8 Å². The van der Waals surface area contributed by atoms with Crippen LogP contribution in [-0.4, -0.2) is 36.8 Å². The molecule has 2 aromatic rings. The Labute approximate surface area is 135 Å². The second-order valence-corrected chi connectivity index (χ2v) is 5.35. The van der Waals surface area contributed by atoms with Gasteiger partial charge in [-0.2, -0.15) is 0 Å². The summed E-state index contributed by atoms with van der Waals surface area (Å²) >= 11 is 0. The van der Waals surface area contributed by atoms with Gasteiger partial charge < -0.3 is 9.47 Å². The smallest absolute Gasteiger partial charge is 0.170 e. The molecule has 1 aliphatic rings. The highest BCUT2D eigenvalue weighted by Gasteiger charge is 2.20. The van der Waals surface area contributed by atoms with Gasteiger partial charge in [0.1, 0.15) is 12.4 Å². The number of rotatable bonds is 6. The van der Waals surface area contributed by atoms with Crippen molar-refractivity contribution in [2.45, 2.75) is 12.8 Å². The Morgan fingerprint density at radius 2 is 2.00 bits per heavy atom. The lowest BCUT2D eigenvalue weighted by atomic mass is 10.0. The Hall–Kier alpha value is -2.53. The third-order valence-electron chi connectivity index (χ3n) is 3.67. The van der Waals surface area contributed by atoms with Crippen molar-refractivity contribution >= 4 is 17.2 Å². The molecule has 1 aromatic heterocycles. The number of pyridine rings is 1. The standard InChI is InChI=1S/C18H18N2O3/c1-22-9-7-13-2-4-15(5-3-13)23-12-14-10-18(21)16-6-8-19-11-17(16)20-14/h2-6,8,11H,7,9-10,12H2,1H3. The van der Waals surface area contributed by atoms with E-state index >= 15 is 0 Å². The van der Waals surface area contributed by atoms with E-state index in [1.165, 1.54) is 5.56 Å². The highest BCUT2D eigenvalue weighted by atomic mass is 16.5. The quantitative estimate of drug-likeness (QED) is 0.823. The summed E-state index contributed by atoms with van der Waals surface area (Å²) < 4.78 is 10.8. The second kappa shape index (κ2) is 7.15. The van der Waals surface area contributed by atoms with Gasteiger partial charge in [0.25, 0.3) is 0 Å². The molecule has 5 nitrogen and oxygen atoms in total. The Kier molecular flexibility index (Phi) is 4.78. The summed E-state index contributed by atoms with van der Waals surface area (Å²) in [4.78, 5) is 20.5. The third-order valence-corrected chi connectivity index (χ3v) is 3.67. The number of Topliss-reactive ketones (excluding diaryl/α,β-unsaturated/α-hetero) is 1. The highest BCUT2D eigenvalue weighted by molar-refractivity contribution is 6.16. The number of aromatic nitrogens is 1. The van der Waals surface area contributed by atoms with Gasteiger partial charge in [0.15, 0.2) is 5.78 Å². The first-order valence-electron chi connectivity index (χ1n) is 7.50. The molecular formula is C18H18N2O3. The molecule has 0 amide bonds. The number of methoxy groups -OCH3 is 1. The van der Waals surface area contributed by atoms with Gasteiger partial charge in [-0.05, 0) is 30.2 Å². The molecule has 0 aliphatic carbocycles. The minimum absolute atomic E-state index is 0.0610. The number of carbonyl (C=O) groups excluding carboxylic acids is 1. The predicted octanol–water partition coefficient (Wildman–Crippen LogP) is 3.01. The Balaban J connectivity index is 1.63. The molecule has 0 spiro atoms. The zero-order valence-corrected chi connectivity index (χ0v) is 13.0. The zero-order valence-electron chi connectivity index (χ0n) is 13.0. The van der Waals surface area contributed by atoms with Crippen LogP contribution < -0.4 is 4.74 Å². The average Bonchev–Trinajstić information content (AvgIpc) is 2.59. The van der Waals surface area contributed by atoms with Crippen LogP contribution in [0, 0.1) is 0 Å². The van der Waals surface area contributed by atoms with Crippen molar-refractivity contribution in [1.29, 1.82) is 0 Å². The van der Waals surface area contributed by atoms with Crippen molar-refractivity contribution in [3.8, 4) is 5.75 Å². The molecule has 0 saturated heterocycles. The number of nitrogens with zero attached hydrogens (tertiary/aromatic N) is 2. The van der Waals surface area contributed by atoms with E-state index in [0.29, 0.717) is 30.9 Å². The number of hydrogen-bond acceptors (Lipinski definition) is 5. The molecule has 0 fully saturated rings. The van der Waals surface area contributed by atoms with Crippen LogP contribution in [0.2, 0.25) is 0 Å². The molecular weight excluding hydrogens is 292 g/mol. The first kappa shape index (κ1) is 15.4. The van der Waals surface area contributed by atoms with Crippen LogP contribution in [-0.2, 0) is 11.2 Å². The van der Waals surface area contributed by atoms with Crippen LogP contribution in [0.5, 0.6) is 5.75 Å². The van der Waals surface area contributed by atoms with Crippen molar-refractivity contribution in [2.24, 2.45) is 4.99 Å². The SMILES string of the molecule is COCCc1ccc(OCC2=Nc3cnccc3C(=O)C2)cc1. The molecule has 0 radical (unpaired) electrons. The van der Waals surface area contributed by atoms with E-state index in [4.69, 9.17) is 9.47 Å². The fourth-order valence-electron chi connectivity index (χ4n) is 2.42. The van der Waals surface area contributed by atoms with E-state index in [2.05, 4.69) is 9.98 Å². The molecule has 0 unspecified atom stereocenters. The second-order valence-electron chi connectivity index (χ2n) is 5.35. The van der Waals surface area contributed by atoms with Crippen molar-refractivity contribution in [3.63, 3.8) is 0 Å². The van der Waals surface area contributed by atoms with Crippen LogP contribution >= 0.6 is 0 Å². The maximum Gasteiger partial charge on any atom is 0.170 e. The fraction of sp³-hybridized carbons (Fsp3) is 0.278. The summed E-state index contributed by atoms with van der Waals surface area (Å²) in [7, 11) is 1.69.